The van der Waals surface area contributed by atoms with E-state index in [1.54, 1.807) is 36.4 Å². The molecule has 0 saturated carbocycles. The van der Waals surface area contributed by atoms with E-state index in [0.717, 1.165) is 11.1 Å². The SMILES string of the molecule is Cc1cc(N)cc(C(=O)OCc2ccc(Cl)c(Cl)c2)c1. The number of carbonyl (C=O) groups excluding carboxylic acids is 1. The summed E-state index contributed by atoms with van der Waals surface area (Å²) in [5.74, 6) is -0.425. The van der Waals surface area contributed by atoms with Crippen LogP contribution in [0.15, 0.2) is 36.4 Å². The number of rotatable bonds is 3. The van der Waals surface area contributed by atoms with Crippen LogP contribution in [0.5, 0.6) is 0 Å². The molecule has 2 aromatic rings. The molecular weight excluding hydrogens is 297 g/mol. The quantitative estimate of drug-likeness (QED) is 0.681. The minimum absolute atomic E-state index is 0.129. The molecule has 0 unspecified atom stereocenters. The Hall–Kier alpha value is -1.71. The first-order valence-corrected chi connectivity index (χ1v) is 6.69. The molecule has 0 bridgehead atoms. The third-order valence-electron chi connectivity index (χ3n) is 2.69. The minimum atomic E-state index is -0.425. The van der Waals surface area contributed by atoms with Crippen LogP contribution < -0.4 is 5.73 Å². The second-order valence-corrected chi connectivity index (χ2v) is 5.27. The van der Waals surface area contributed by atoms with E-state index in [-0.39, 0.29) is 6.61 Å². The number of benzene rings is 2. The summed E-state index contributed by atoms with van der Waals surface area (Å²) in [6.45, 7) is 2.00. The topological polar surface area (TPSA) is 52.3 Å². The Kier molecular flexibility index (Phi) is 4.53. The highest BCUT2D eigenvalue weighted by molar-refractivity contribution is 6.42. The Bertz CT molecular complexity index is 636. The van der Waals surface area contributed by atoms with Gasteiger partial charge in [-0.2, -0.15) is 0 Å². The van der Waals surface area contributed by atoms with Crippen molar-refractivity contribution in [2.75, 3.05) is 5.73 Å². The normalized spacial score (nSPS) is 10.3. The summed E-state index contributed by atoms with van der Waals surface area (Å²) in [5.41, 5.74) is 8.35. The molecule has 3 nitrogen and oxygen atoms in total. The average Bonchev–Trinajstić information content (AvgIpc) is 2.38. The van der Waals surface area contributed by atoms with Crippen LogP contribution in [-0.2, 0) is 11.3 Å². The lowest BCUT2D eigenvalue weighted by molar-refractivity contribution is 0.0472. The summed E-state index contributed by atoms with van der Waals surface area (Å²) in [7, 11) is 0. The lowest BCUT2D eigenvalue weighted by atomic mass is 10.1. The van der Waals surface area contributed by atoms with E-state index in [9.17, 15) is 4.79 Å². The van der Waals surface area contributed by atoms with Gasteiger partial charge in [-0.25, -0.2) is 4.79 Å². The standard InChI is InChI=1S/C15H13Cl2NO2/c1-9-4-11(7-12(18)5-9)15(19)20-8-10-2-3-13(16)14(17)6-10/h2-7H,8,18H2,1H3. The highest BCUT2D eigenvalue weighted by Crippen LogP contribution is 2.23. The fraction of sp³-hybridized carbons (Fsp3) is 0.133. The molecule has 0 aromatic heterocycles. The average molecular weight is 310 g/mol. The Balaban J connectivity index is 2.06. The summed E-state index contributed by atoms with van der Waals surface area (Å²) in [6.07, 6.45) is 0. The van der Waals surface area contributed by atoms with Gasteiger partial charge in [0.05, 0.1) is 15.6 Å². The van der Waals surface area contributed by atoms with Gasteiger partial charge in [-0.05, 0) is 48.4 Å². The van der Waals surface area contributed by atoms with Crippen molar-refractivity contribution in [1.29, 1.82) is 0 Å². The number of hydrogen-bond acceptors (Lipinski definition) is 3. The Morgan fingerprint density at radius 3 is 2.55 bits per heavy atom. The maximum atomic E-state index is 11.9. The molecule has 2 rings (SSSR count). The fourth-order valence-corrected chi connectivity index (χ4v) is 2.11. The van der Waals surface area contributed by atoms with Crippen molar-refractivity contribution >= 4 is 34.9 Å². The molecule has 0 aliphatic rings. The van der Waals surface area contributed by atoms with Crippen LogP contribution in [0, 0.1) is 6.92 Å². The summed E-state index contributed by atoms with van der Waals surface area (Å²) in [5, 5.41) is 0.896. The molecule has 0 heterocycles. The van der Waals surface area contributed by atoms with Crippen LogP contribution in [0.3, 0.4) is 0 Å². The first-order valence-electron chi connectivity index (χ1n) is 5.94. The van der Waals surface area contributed by atoms with Gasteiger partial charge in [0.15, 0.2) is 0 Å². The zero-order chi connectivity index (χ0) is 14.7. The molecule has 2 aromatic carbocycles. The van der Waals surface area contributed by atoms with Gasteiger partial charge in [-0.3, -0.25) is 0 Å². The Labute approximate surface area is 127 Å². The molecule has 0 aliphatic carbocycles. The van der Waals surface area contributed by atoms with E-state index in [1.165, 1.54) is 0 Å². The predicted molar refractivity (Wildman–Crippen MR) is 81.2 cm³/mol. The third-order valence-corrected chi connectivity index (χ3v) is 3.43. The largest absolute Gasteiger partial charge is 0.457 e. The number of aryl methyl sites for hydroxylation is 1. The summed E-state index contributed by atoms with van der Waals surface area (Å²) in [4.78, 5) is 11.9. The molecule has 2 N–H and O–H groups in total. The maximum Gasteiger partial charge on any atom is 0.338 e. The van der Waals surface area contributed by atoms with Gasteiger partial charge < -0.3 is 10.5 Å². The van der Waals surface area contributed by atoms with Crippen molar-refractivity contribution in [2.24, 2.45) is 0 Å². The number of hydrogen-bond donors (Lipinski definition) is 1. The summed E-state index contributed by atoms with van der Waals surface area (Å²) in [6, 6.07) is 10.2. The van der Waals surface area contributed by atoms with Gasteiger partial charge in [-0.1, -0.05) is 29.3 Å². The lowest BCUT2D eigenvalue weighted by Crippen LogP contribution is -2.06. The summed E-state index contributed by atoms with van der Waals surface area (Å²) < 4.78 is 5.22. The number of halogens is 2. The van der Waals surface area contributed by atoms with Gasteiger partial charge in [0.1, 0.15) is 6.61 Å². The maximum absolute atomic E-state index is 11.9. The molecular formula is C15H13Cl2NO2. The molecule has 0 aliphatic heterocycles. The summed E-state index contributed by atoms with van der Waals surface area (Å²) >= 11 is 11.7. The van der Waals surface area contributed by atoms with E-state index in [0.29, 0.717) is 21.3 Å². The molecule has 0 radical (unpaired) electrons. The van der Waals surface area contributed by atoms with E-state index in [2.05, 4.69) is 0 Å². The van der Waals surface area contributed by atoms with Crippen LogP contribution in [0.4, 0.5) is 5.69 Å². The fourth-order valence-electron chi connectivity index (χ4n) is 1.79. The van der Waals surface area contributed by atoms with Crippen LogP contribution in [0.25, 0.3) is 0 Å². The number of nitrogens with two attached hydrogens (primary N) is 1. The van der Waals surface area contributed by atoms with Crippen LogP contribution in [0.2, 0.25) is 10.0 Å². The van der Waals surface area contributed by atoms with Crippen molar-refractivity contribution in [1.82, 2.24) is 0 Å². The van der Waals surface area contributed by atoms with E-state index in [1.807, 2.05) is 6.92 Å². The number of carbonyl (C=O) groups is 1. The van der Waals surface area contributed by atoms with Gasteiger partial charge >= 0.3 is 5.97 Å². The van der Waals surface area contributed by atoms with E-state index >= 15 is 0 Å². The van der Waals surface area contributed by atoms with Gasteiger partial charge in [0, 0.05) is 5.69 Å². The number of ether oxygens (including phenoxy) is 1. The first-order chi connectivity index (χ1) is 9.45. The predicted octanol–water partition coefficient (Wildman–Crippen LogP) is 4.24. The van der Waals surface area contributed by atoms with Crippen molar-refractivity contribution in [3.63, 3.8) is 0 Å². The highest BCUT2D eigenvalue weighted by atomic mass is 35.5. The molecule has 20 heavy (non-hydrogen) atoms. The minimum Gasteiger partial charge on any atom is -0.457 e. The molecule has 104 valence electrons. The molecule has 0 atom stereocenters. The Morgan fingerprint density at radius 1 is 1.15 bits per heavy atom. The number of nitrogen functional groups attached to an aromatic ring is 1. The van der Waals surface area contributed by atoms with Gasteiger partial charge in [-0.15, -0.1) is 0 Å². The number of anilines is 1. The van der Waals surface area contributed by atoms with E-state index < -0.39 is 5.97 Å². The number of esters is 1. The second-order valence-electron chi connectivity index (χ2n) is 4.46. The second kappa shape index (κ2) is 6.16. The van der Waals surface area contributed by atoms with Crippen LogP contribution in [0.1, 0.15) is 21.5 Å². The van der Waals surface area contributed by atoms with Crippen LogP contribution >= 0.6 is 23.2 Å². The molecule has 0 spiro atoms. The smallest absolute Gasteiger partial charge is 0.338 e. The van der Waals surface area contributed by atoms with Gasteiger partial charge in [0.25, 0.3) is 0 Å². The molecule has 0 fully saturated rings. The van der Waals surface area contributed by atoms with Crippen molar-refractivity contribution in [3.05, 3.63) is 63.1 Å². The monoisotopic (exact) mass is 309 g/mol. The Morgan fingerprint density at radius 2 is 1.90 bits per heavy atom. The van der Waals surface area contributed by atoms with E-state index in [4.69, 9.17) is 33.7 Å². The first kappa shape index (κ1) is 14.7. The van der Waals surface area contributed by atoms with Crippen LogP contribution in [-0.4, -0.2) is 5.97 Å². The molecule has 0 saturated heterocycles. The van der Waals surface area contributed by atoms with Crippen molar-refractivity contribution < 1.29 is 9.53 Å². The van der Waals surface area contributed by atoms with Crippen molar-refractivity contribution in [2.45, 2.75) is 13.5 Å². The lowest BCUT2D eigenvalue weighted by Gasteiger charge is -2.07. The zero-order valence-electron chi connectivity index (χ0n) is 10.8. The zero-order valence-corrected chi connectivity index (χ0v) is 12.3. The van der Waals surface area contributed by atoms with Gasteiger partial charge in [0.2, 0.25) is 0 Å². The van der Waals surface area contributed by atoms with Crippen molar-refractivity contribution in [3.8, 4) is 0 Å². The molecule has 5 heteroatoms. The highest BCUT2D eigenvalue weighted by Gasteiger charge is 2.09. The molecule has 0 amide bonds. The third kappa shape index (κ3) is 3.65.